The Labute approximate surface area is 125 Å². The zero-order valence-corrected chi connectivity index (χ0v) is 13.3. The third-order valence-corrected chi connectivity index (χ3v) is 5.18. The second-order valence-electron chi connectivity index (χ2n) is 4.78. The Kier molecular flexibility index (Phi) is 5.25. The minimum absolute atomic E-state index is 0.0211. The maximum atomic E-state index is 12.0. The van der Waals surface area contributed by atoms with Gasteiger partial charge in [0.25, 0.3) is 5.91 Å². The topological polar surface area (TPSA) is 29.1 Å². The van der Waals surface area contributed by atoms with E-state index in [-0.39, 0.29) is 5.91 Å². The van der Waals surface area contributed by atoms with Gasteiger partial charge in [-0.05, 0) is 43.0 Å². The zero-order chi connectivity index (χ0) is 13.0. The second kappa shape index (κ2) is 6.71. The third kappa shape index (κ3) is 3.82. The summed E-state index contributed by atoms with van der Waals surface area (Å²) in [5.41, 5.74) is 0.722. The van der Waals surface area contributed by atoms with Crippen molar-refractivity contribution in [3.63, 3.8) is 0 Å². The van der Waals surface area contributed by atoms with E-state index >= 15 is 0 Å². The summed E-state index contributed by atoms with van der Waals surface area (Å²) in [5, 5.41) is 3.03. The maximum absolute atomic E-state index is 12.0. The number of hydrogen-bond acceptors (Lipinski definition) is 1. The van der Waals surface area contributed by atoms with Crippen LogP contribution in [0.1, 0.15) is 36.0 Å². The Balaban J connectivity index is 1.86. The quantitative estimate of drug-likeness (QED) is 0.791. The van der Waals surface area contributed by atoms with Crippen LogP contribution in [-0.4, -0.2) is 17.3 Å². The van der Waals surface area contributed by atoms with Crippen molar-refractivity contribution in [3.8, 4) is 0 Å². The highest BCUT2D eigenvalue weighted by atomic mass is 79.9. The maximum Gasteiger partial charge on any atom is 0.251 e. The molecule has 0 radical (unpaired) electrons. The van der Waals surface area contributed by atoms with Crippen molar-refractivity contribution >= 4 is 37.8 Å². The van der Waals surface area contributed by atoms with Crippen molar-refractivity contribution in [2.45, 2.75) is 30.5 Å². The number of carbonyl (C=O) groups excluding carboxylic acids is 1. The molecule has 1 aliphatic rings. The molecular weight excluding hydrogens is 358 g/mol. The molecule has 1 aliphatic carbocycles. The van der Waals surface area contributed by atoms with Crippen molar-refractivity contribution in [1.29, 1.82) is 0 Å². The first-order chi connectivity index (χ1) is 8.66. The molecule has 2 unspecified atom stereocenters. The number of hydrogen-bond donors (Lipinski definition) is 1. The summed E-state index contributed by atoms with van der Waals surface area (Å²) in [6, 6.07) is 7.46. The van der Waals surface area contributed by atoms with Crippen molar-refractivity contribution < 1.29 is 4.79 Å². The summed E-state index contributed by atoms with van der Waals surface area (Å²) >= 11 is 7.08. The molecule has 0 spiro atoms. The molecule has 1 N–H and O–H groups in total. The van der Waals surface area contributed by atoms with E-state index in [0.717, 1.165) is 16.6 Å². The summed E-state index contributed by atoms with van der Waals surface area (Å²) in [6.07, 6.45) is 5.00. The summed E-state index contributed by atoms with van der Waals surface area (Å²) < 4.78 is 0.992. The number of alkyl halides is 1. The number of amides is 1. The fourth-order valence-electron chi connectivity index (χ4n) is 2.32. The van der Waals surface area contributed by atoms with Crippen LogP contribution >= 0.6 is 31.9 Å². The van der Waals surface area contributed by atoms with Gasteiger partial charge in [-0.25, -0.2) is 0 Å². The predicted molar refractivity (Wildman–Crippen MR) is 81.1 cm³/mol. The lowest BCUT2D eigenvalue weighted by Crippen LogP contribution is -2.34. The van der Waals surface area contributed by atoms with Crippen molar-refractivity contribution in [2.75, 3.05) is 6.54 Å². The lowest BCUT2D eigenvalue weighted by Gasteiger charge is -2.27. The van der Waals surface area contributed by atoms with E-state index < -0.39 is 0 Å². The van der Waals surface area contributed by atoms with Crippen LogP contribution in [-0.2, 0) is 0 Å². The Hall–Kier alpha value is -0.350. The van der Waals surface area contributed by atoms with Crippen LogP contribution in [0.25, 0.3) is 0 Å². The number of halogens is 2. The van der Waals surface area contributed by atoms with Crippen LogP contribution in [0, 0.1) is 5.92 Å². The second-order valence-corrected chi connectivity index (χ2v) is 6.87. The number of nitrogens with one attached hydrogen (secondary N) is 1. The highest BCUT2D eigenvalue weighted by molar-refractivity contribution is 9.10. The van der Waals surface area contributed by atoms with Crippen molar-refractivity contribution in [1.82, 2.24) is 5.32 Å². The molecule has 0 bridgehead atoms. The van der Waals surface area contributed by atoms with Gasteiger partial charge in [0.2, 0.25) is 0 Å². The predicted octanol–water partition coefficient (Wildman–Crippen LogP) is 4.13. The van der Waals surface area contributed by atoms with Crippen molar-refractivity contribution in [2.24, 2.45) is 5.92 Å². The first-order valence-corrected chi connectivity index (χ1v) is 8.05. The number of carbonyl (C=O) groups is 1. The van der Waals surface area contributed by atoms with Crippen LogP contribution in [0.2, 0.25) is 0 Å². The summed E-state index contributed by atoms with van der Waals surface area (Å²) in [4.78, 5) is 12.5. The standard InChI is InChI=1S/C14H17Br2NO/c15-12-7-5-10(6-8-12)14(18)17-9-11-3-1-2-4-13(11)16/h5-8,11,13H,1-4,9H2,(H,17,18). The Morgan fingerprint density at radius 3 is 2.56 bits per heavy atom. The molecular formula is C14H17Br2NO. The number of benzene rings is 1. The molecule has 2 nitrogen and oxygen atoms in total. The first kappa shape index (κ1) is 14.1. The van der Waals surface area contributed by atoms with E-state index in [0.29, 0.717) is 10.7 Å². The molecule has 1 fully saturated rings. The fourth-order valence-corrected chi connectivity index (χ4v) is 3.36. The molecule has 0 aromatic heterocycles. The van der Waals surface area contributed by atoms with E-state index in [9.17, 15) is 4.79 Å². The van der Waals surface area contributed by atoms with E-state index in [4.69, 9.17) is 0 Å². The van der Waals surface area contributed by atoms with Gasteiger partial charge in [-0.3, -0.25) is 4.79 Å². The largest absolute Gasteiger partial charge is 0.352 e. The first-order valence-electron chi connectivity index (χ1n) is 6.34. The highest BCUT2D eigenvalue weighted by Crippen LogP contribution is 2.29. The van der Waals surface area contributed by atoms with Crippen molar-refractivity contribution in [3.05, 3.63) is 34.3 Å². The van der Waals surface area contributed by atoms with Crippen LogP contribution in [0.5, 0.6) is 0 Å². The van der Waals surface area contributed by atoms with E-state index in [2.05, 4.69) is 37.2 Å². The van der Waals surface area contributed by atoms with Gasteiger partial charge in [-0.1, -0.05) is 44.7 Å². The summed E-state index contributed by atoms with van der Waals surface area (Å²) in [6.45, 7) is 0.769. The molecule has 0 heterocycles. The van der Waals surface area contributed by atoms with Gasteiger partial charge in [0, 0.05) is 21.4 Å². The average molecular weight is 375 g/mol. The highest BCUT2D eigenvalue weighted by Gasteiger charge is 2.23. The van der Waals surface area contributed by atoms with Gasteiger partial charge in [-0.15, -0.1) is 0 Å². The van der Waals surface area contributed by atoms with Crippen LogP contribution in [0.4, 0.5) is 0 Å². The van der Waals surface area contributed by atoms with Gasteiger partial charge in [-0.2, -0.15) is 0 Å². The van der Waals surface area contributed by atoms with Crippen LogP contribution < -0.4 is 5.32 Å². The monoisotopic (exact) mass is 373 g/mol. The zero-order valence-electron chi connectivity index (χ0n) is 10.2. The lowest BCUT2D eigenvalue weighted by atomic mass is 9.89. The normalized spacial score (nSPS) is 23.7. The number of rotatable bonds is 3. The Morgan fingerprint density at radius 1 is 1.22 bits per heavy atom. The van der Waals surface area contributed by atoms with E-state index in [1.165, 1.54) is 25.7 Å². The van der Waals surface area contributed by atoms with Crippen LogP contribution in [0.3, 0.4) is 0 Å². The smallest absolute Gasteiger partial charge is 0.251 e. The average Bonchev–Trinajstić information content (AvgIpc) is 2.38. The van der Waals surface area contributed by atoms with Gasteiger partial charge in [0.15, 0.2) is 0 Å². The van der Waals surface area contributed by atoms with Gasteiger partial charge in [0.1, 0.15) is 0 Å². The minimum atomic E-state index is 0.0211. The molecule has 4 heteroatoms. The Morgan fingerprint density at radius 2 is 1.89 bits per heavy atom. The van der Waals surface area contributed by atoms with E-state index in [1.807, 2.05) is 24.3 Å². The van der Waals surface area contributed by atoms with Gasteiger partial charge in [0.05, 0.1) is 0 Å². The minimum Gasteiger partial charge on any atom is -0.352 e. The molecule has 0 saturated heterocycles. The third-order valence-electron chi connectivity index (χ3n) is 3.45. The van der Waals surface area contributed by atoms with Crippen LogP contribution in [0.15, 0.2) is 28.7 Å². The van der Waals surface area contributed by atoms with Gasteiger partial charge >= 0.3 is 0 Å². The fraction of sp³-hybridized carbons (Fsp3) is 0.500. The molecule has 98 valence electrons. The molecule has 1 saturated carbocycles. The lowest BCUT2D eigenvalue weighted by molar-refractivity contribution is 0.0944. The molecule has 2 atom stereocenters. The molecule has 1 aromatic rings. The van der Waals surface area contributed by atoms with Gasteiger partial charge < -0.3 is 5.32 Å². The molecule has 18 heavy (non-hydrogen) atoms. The molecule has 1 amide bonds. The summed E-state index contributed by atoms with van der Waals surface area (Å²) in [5.74, 6) is 0.589. The summed E-state index contributed by atoms with van der Waals surface area (Å²) in [7, 11) is 0. The SMILES string of the molecule is O=C(NCC1CCCCC1Br)c1ccc(Br)cc1. The molecule has 0 aliphatic heterocycles. The molecule has 2 rings (SSSR count). The Bertz CT molecular complexity index is 405. The van der Waals surface area contributed by atoms with E-state index in [1.54, 1.807) is 0 Å². The molecule has 1 aromatic carbocycles.